The van der Waals surface area contributed by atoms with Crippen molar-refractivity contribution in [1.29, 1.82) is 0 Å². The monoisotopic (exact) mass is 435 g/mol. The Bertz CT molecular complexity index is 1160. The molecule has 6 rings (SSSR count). The summed E-state index contributed by atoms with van der Waals surface area (Å²) in [6.45, 7) is 5.40. The molecule has 0 radical (unpaired) electrons. The smallest absolute Gasteiger partial charge is 0.188 e. The lowest BCUT2D eigenvalue weighted by atomic mass is 9.72. The molecule has 0 spiro atoms. The number of phenolic OH excluding ortho intramolecular Hbond substituents is 1. The lowest BCUT2D eigenvalue weighted by Crippen LogP contribution is -2.65. The van der Waals surface area contributed by atoms with Gasteiger partial charge in [0.25, 0.3) is 0 Å². The van der Waals surface area contributed by atoms with Gasteiger partial charge in [0, 0.05) is 40.9 Å². The highest BCUT2D eigenvalue weighted by atomic mass is 16.5. The molecule has 1 N–H and O–H groups in total. The van der Waals surface area contributed by atoms with Crippen LogP contribution >= 0.6 is 0 Å². The van der Waals surface area contributed by atoms with Crippen LogP contribution in [0.15, 0.2) is 33.5 Å². The number of carbonyl (C=O) groups excluding carboxylic acids is 1. The van der Waals surface area contributed by atoms with Crippen LogP contribution in [0.5, 0.6) is 11.5 Å². The second kappa shape index (κ2) is 6.68. The van der Waals surface area contributed by atoms with Gasteiger partial charge in [0.05, 0.1) is 32.8 Å². The summed E-state index contributed by atoms with van der Waals surface area (Å²) in [4.78, 5) is 23.2. The summed E-state index contributed by atoms with van der Waals surface area (Å²) in [6, 6.07) is 2.69. The summed E-state index contributed by atoms with van der Waals surface area (Å²) in [5.41, 5.74) is 6.58. The molecule has 4 unspecified atom stereocenters. The Kier molecular flexibility index (Phi) is 4.18. The number of aromatic hydroxyl groups is 1. The molecule has 1 fully saturated rings. The van der Waals surface area contributed by atoms with Crippen LogP contribution in [0.25, 0.3) is 0 Å². The van der Waals surface area contributed by atoms with Crippen LogP contribution in [0, 0.1) is 6.92 Å². The van der Waals surface area contributed by atoms with E-state index in [1.807, 2.05) is 13.8 Å². The fraction of sp³-hybridized carbons (Fsp3) is 0.520. The molecule has 5 aliphatic rings. The number of piperazine rings is 1. The van der Waals surface area contributed by atoms with Gasteiger partial charge in [-0.1, -0.05) is 6.07 Å². The van der Waals surface area contributed by atoms with Gasteiger partial charge >= 0.3 is 0 Å². The first-order chi connectivity index (χ1) is 15.4. The molecular weight excluding hydrogens is 406 g/mol. The molecule has 0 aromatic heterocycles. The Morgan fingerprint density at radius 2 is 1.97 bits per heavy atom. The molecule has 1 aromatic carbocycles. The third-order valence-electron chi connectivity index (χ3n) is 8.27. The predicted octanol–water partition coefficient (Wildman–Crippen LogP) is 2.32. The lowest BCUT2D eigenvalue weighted by Gasteiger charge is -2.57. The van der Waals surface area contributed by atoms with Gasteiger partial charge in [-0.05, 0) is 44.9 Å². The third kappa shape index (κ3) is 2.33. The van der Waals surface area contributed by atoms with E-state index in [2.05, 4.69) is 22.9 Å². The fourth-order valence-corrected chi connectivity index (χ4v) is 6.87. The predicted molar refractivity (Wildman–Crippen MR) is 120 cm³/mol. The number of aliphatic imine (C=N–C) groups is 1. The molecule has 168 valence electrons. The van der Waals surface area contributed by atoms with Crippen molar-refractivity contribution in [3.8, 4) is 11.5 Å². The van der Waals surface area contributed by atoms with Gasteiger partial charge in [0.15, 0.2) is 23.0 Å². The zero-order valence-electron chi connectivity index (χ0n) is 19.2. The van der Waals surface area contributed by atoms with Gasteiger partial charge in [-0.3, -0.25) is 19.6 Å². The number of rotatable bonds is 2. The second-order valence-electron chi connectivity index (χ2n) is 9.67. The van der Waals surface area contributed by atoms with E-state index in [0.717, 1.165) is 41.0 Å². The Balaban J connectivity index is 1.50. The summed E-state index contributed by atoms with van der Waals surface area (Å²) in [5.74, 6) is 1.50. The van der Waals surface area contributed by atoms with Crippen molar-refractivity contribution in [3.63, 3.8) is 0 Å². The number of phenols is 1. The molecule has 0 amide bonds. The minimum Gasteiger partial charge on any atom is -0.504 e. The maximum absolute atomic E-state index is 13.4. The van der Waals surface area contributed by atoms with Gasteiger partial charge in [0.1, 0.15) is 5.71 Å². The molecule has 1 aromatic rings. The average molecular weight is 436 g/mol. The maximum atomic E-state index is 13.4. The number of hydrogen-bond donors (Lipinski definition) is 1. The van der Waals surface area contributed by atoms with Crippen LogP contribution in [-0.4, -0.2) is 78.9 Å². The van der Waals surface area contributed by atoms with Gasteiger partial charge in [0.2, 0.25) is 0 Å². The first-order valence-electron chi connectivity index (χ1n) is 11.3. The maximum Gasteiger partial charge on any atom is 0.188 e. The Morgan fingerprint density at radius 1 is 1.19 bits per heavy atom. The lowest BCUT2D eigenvalue weighted by molar-refractivity contribution is -0.113. The number of likely N-dealkylation sites (N-methyl/N-ethyl adjacent to an activating group) is 1. The number of methoxy groups -OCH3 is 2. The summed E-state index contributed by atoms with van der Waals surface area (Å²) in [5, 5.41) is 11.3. The van der Waals surface area contributed by atoms with Crippen molar-refractivity contribution in [1.82, 2.24) is 9.80 Å². The summed E-state index contributed by atoms with van der Waals surface area (Å²) in [7, 11) is 5.38. The minimum absolute atomic E-state index is 0.00833. The second-order valence-corrected chi connectivity index (χ2v) is 9.67. The van der Waals surface area contributed by atoms with Crippen LogP contribution in [-0.2, 0) is 16.0 Å². The highest BCUT2D eigenvalue weighted by Gasteiger charge is 2.54. The van der Waals surface area contributed by atoms with Gasteiger partial charge in [-0.2, -0.15) is 0 Å². The van der Waals surface area contributed by atoms with E-state index in [4.69, 9.17) is 14.5 Å². The first kappa shape index (κ1) is 20.0. The Labute approximate surface area is 188 Å². The summed E-state index contributed by atoms with van der Waals surface area (Å²) < 4.78 is 11.2. The van der Waals surface area contributed by atoms with E-state index in [9.17, 15) is 9.90 Å². The number of benzene rings is 1. The minimum atomic E-state index is -0.00833. The third-order valence-corrected chi connectivity index (χ3v) is 8.27. The topological polar surface area (TPSA) is 74.6 Å². The van der Waals surface area contributed by atoms with E-state index in [0.29, 0.717) is 36.1 Å². The molecule has 2 bridgehead atoms. The molecule has 0 saturated carbocycles. The van der Waals surface area contributed by atoms with Gasteiger partial charge in [-0.25, -0.2) is 0 Å². The number of hydrogen-bond acceptors (Lipinski definition) is 7. The molecule has 7 heteroatoms. The van der Waals surface area contributed by atoms with Gasteiger partial charge < -0.3 is 14.6 Å². The van der Waals surface area contributed by atoms with Crippen molar-refractivity contribution in [2.45, 2.75) is 50.9 Å². The summed E-state index contributed by atoms with van der Waals surface area (Å²) in [6.07, 6.45) is 1.53. The molecule has 4 atom stereocenters. The number of ether oxygens (including phenoxy) is 2. The molecule has 4 aliphatic heterocycles. The molecule has 1 saturated heterocycles. The number of ketones is 1. The van der Waals surface area contributed by atoms with Crippen molar-refractivity contribution < 1.29 is 19.4 Å². The van der Waals surface area contributed by atoms with Crippen molar-refractivity contribution in [2.24, 2.45) is 4.99 Å². The van der Waals surface area contributed by atoms with Crippen LogP contribution < -0.4 is 4.74 Å². The molecular formula is C25H29N3O4. The number of Topliss-reactive ketones (excluding diaryl/α,β-unsaturated/α-hetero) is 1. The van der Waals surface area contributed by atoms with Crippen molar-refractivity contribution >= 4 is 11.5 Å². The van der Waals surface area contributed by atoms with Crippen molar-refractivity contribution in [2.75, 3.05) is 34.4 Å². The van der Waals surface area contributed by atoms with Crippen molar-refractivity contribution in [3.05, 3.63) is 45.2 Å². The number of fused-ring (bicyclic) bond motifs is 7. The van der Waals surface area contributed by atoms with E-state index in [1.54, 1.807) is 14.2 Å². The standard InChI is InChI=1S/C25H29N3O4/c1-11-6-13-7-14-10-28-16(21(27(14)3)18(13)23(30)24(11)31-4)8-15-19-17(28)9-26-20(19)25(32-5)12(2)22(15)29/h6,14,16-17,21,30H,7-10H2,1-5H3. The zero-order valence-corrected chi connectivity index (χ0v) is 19.2. The number of nitrogens with zero attached hydrogens (tertiary/aromatic N) is 3. The number of carbonyl (C=O) groups is 1. The summed E-state index contributed by atoms with van der Waals surface area (Å²) >= 11 is 0. The van der Waals surface area contributed by atoms with Crippen LogP contribution in [0.4, 0.5) is 0 Å². The first-order valence-corrected chi connectivity index (χ1v) is 11.3. The zero-order chi connectivity index (χ0) is 22.5. The molecule has 1 aliphatic carbocycles. The quantitative estimate of drug-likeness (QED) is 0.719. The Morgan fingerprint density at radius 3 is 2.69 bits per heavy atom. The highest BCUT2D eigenvalue weighted by Crippen LogP contribution is 2.52. The number of aryl methyl sites for hydroxylation is 1. The number of allylic oxidation sites excluding steroid dienone is 2. The SMILES string of the molecule is COC1=C(C)C(=O)C2=C3C1=NCC3N1CC3Cc4cc(C)c(OC)c(O)c4C(C1C2)N3C. The molecule has 7 nitrogen and oxygen atoms in total. The molecule has 32 heavy (non-hydrogen) atoms. The Hall–Kier alpha value is -2.64. The van der Waals surface area contributed by atoms with Crippen LogP contribution in [0.1, 0.15) is 36.1 Å². The average Bonchev–Trinajstić information content (AvgIpc) is 3.19. The van der Waals surface area contributed by atoms with E-state index in [1.165, 1.54) is 5.56 Å². The van der Waals surface area contributed by atoms with Crippen LogP contribution in [0.3, 0.4) is 0 Å². The largest absolute Gasteiger partial charge is 0.504 e. The van der Waals surface area contributed by atoms with E-state index < -0.39 is 0 Å². The van der Waals surface area contributed by atoms with Crippen LogP contribution in [0.2, 0.25) is 0 Å². The normalized spacial score (nSPS) is 31.3. The highest BCUT2D eigenvalue weighted by molar-refractivity contribution is 6.27. The fourth-order valence-electron chi connectivity index (χ4n) is 6.87. The van der Waals surface area contributed by atoms with Gasteiger partial charge in [-0.15, -0.1) is 0 Å². The van der Waals surface area contributed by atoms with E-state index >= 15 is 0 Å². The van der Waals surface area contributed by atoms with E-state index in [-0.39, 0.29) is 29.7 Å². The molecule has 4 heterocycles.